The van der Waals surface area contributed by atoms with Gasteiger partial charge in [-0.05, 0) is 18.9 Å². The van der Waals surface area contributed by atoms with Crippen molar-refractivity contribution in [3.63, 3.8) is 0 Å². The second kappa shape index (κ2) is 8.48. The van der Waals surface area contributed by atoms with Crippen LogP contribution in [0.15, 0.2) is 23.1 Å². The Hall–Kier alpha value is -2.16. The predicted molar refractivity (Wildman–Crippen MR) is 95.6 cm³/mol. The van der Waals surface area contributed by atoms with Gasteiger partial charge in [0, 0.05) is 31.9 Å². The number of unbranched alkanes of at least 4 members (excludes halogenated alkanes) is 1. The van der Waals surface area contributed by atoms with Gasteiger partial charge in [0.15, 0.2) is 16.4 Å². The Bertz CT molecular complexity index is 830. The highest BCUT2D eigenvalue weighted by atomic mass is 32.2. The molecular weight excluding hydrogens is 360 g/mol. The topological polar surface area (TPSA) is 103 Å². The van der Waals surface area contributed by atoms with E-state index in [1.807, 2.05) is 6.92 Å². The molecule has 1 aromatic heterocycles. The third-order valence-corrected chi connectivity index (χ3v) is 6.14. The highest BCUT2D eigenvalue weighted by Gasteiger charge is 2.34. The second-order valence-corrected chi connectivity index (χ2v) is 8.67. The van der Waals surface area contributed by atoms with Gasteiger partial charge in [-0.25, -0.2) is 13.2 Å². The fourth-order valence-electron chi connectivity index (χ4n) is 2.83. The average Bonchev–Trinajstić information content (AvgIpc) is 2.95. The maximum absolute atomic E-state index is 12.5. The number of rotatable bonds is 7. The summed E-state index contributed by atoms with van der Waals surface area (Å²) in [5.74, 6) is -1.16. The van der Waals surface area contributed by atoms with Crippen molar-refractivity contribution < 1.29 is 22.7 Å². The summed E-state index contributed by atoms with van der Waals surface area (Å²) in [5, 5.41) is 0. The van der Waals surface area contributed by atoms with Crippen LogP contribution in [-0.4, -0.2) is 60.5 Å². The first-order valence-electron chi connectivity index (χ1n) is 8.57. The molecule has 1 fully saturated rings. The molecule has 26 heavy (non-hydrogen) atoms. The lowest BCUT2D eigenvalue weighted by molar-refractivity contribution is -0.136. The molecule has 1 aliphatic heterocycles. The van der Waals surface area contributed by atoms with E-state index in [2.05, 4.69) is 0 Å². The van der Waals surface area contributed by atoms with Gasteiger partial charge in [-0.2, -0.15) is 0 Å². The molecule has 2 heterocycles. The van der Waals surface area contributed by atoms with Crippen LogP contribution in [0.5, 0.6) is 0 Å². The summed E-state index contributed by atoms with van der Waals surface area (Å²) >= 11 is 0. The van der Waals surface area contributed by atoms with E-state index in [0.717, 1.165) is 18.9 Å². The standard InChI is InChI=1S/C17H24N2O6S/c1-3-4-7-19(14-6-9-26(23,24)12-14)16(21)11-25-17(22)13-5-8-18(2)15(20)10-13/h5,8,10,14H,3-4,6-7,9,11-12H2,1-2H3. The Labute approximate surface area is 152 Å². The molecule has 1 saturated heterocycles. The molecule has 1 unspecified atom stereocenters. The van der Waals surface area contributed by atoms with E-state index in [0.29, 0.717) is 13.0 Å². The van der Waals surface area contributed by atoms with Crippen molar-refractivity contribution in [2.75, 3.05) is 24.7 Å². The molecule has 0 spiro atoms. The third-order valence-electron chi connectivity index (χ3n) is 4.39. The van der Waals surface area contributed by atoms with E-state index in [4.69, 9.17) is 4.74 Å². The molecule has 0 N–H and O–H groups in total. The van der Waals surface area contributed by atoms with Crippen molar-refractivity contribution >= 4 is 21.7 Å². The first kappa shape index (κ1) is 20.2. The first-order chi connectivity index (χ1) is 12.2. The summed E-state index contributed by atoms with van der Waals surface area (Å²) in [7, 11) is -1.56. The van der Waals surface area contributed by atoms with Crippen LogP contribution >= 0.6 is 0 Å². The Morgan fingerprint density at radius 2 is 2.12 bits per heavy atom. The molecule has 9 heteroatoms. The molecule has 8 nitrogen and oxygen atoms in total. The van der Waals surface area contributed by atoms with Crippen LogP contribution < -0.4 is 5.56 Å². The molecular formula is C17H24N2O6S. The second-order valence-electron chi connectivity index (χ2n) is 6.44. The van der Waals surface area contributed by atoms with Crippen LogP contribution in [0.1, 0.15) is 36.5 Å². The zero-order valence-corrected chi connectivity index (χ0v) is 15.8. The minimum Gasteiger partial charge on any atom is -0.452 e. The predicted octanol–water partition coefficient (Wildman–Crippen LogP) is 0.358. The molecule has 144 valence electrons. The van der Waals surface area contributed by atoms with E-state index < -0.39 is 28.3 Å². The number of sulfone groups is 1. The normalized spacial score (nSPS) is 18.5. The highest BCUT2D eigenvalue weighted by molar-refractivity contribution is 7.91. The van der Waals surface area contributed by atoms with Gasteiger partial charge in [0.1, 0.15) is 0 Å². The molecule has 0 saturated carbocycles. The van der Waals surface area contributed by atoms with Gasteiger partial charge in [-0.3, -0.25) is 9.59 Å². The number of amides is 1. The van der Waals surface area contributed by atoms with E-state index in [1.165, 1.54) is 21.7 Å². The first-order valence-corrected chi connectivity index (χ1v) is 10.4. The van der Waals surface area contributed by atoms with Gasteiger partial charge >= 0.3 is 5.97 Å². The molecule has 2 rings (SSSR count). The molecule has 1 atom stereocenters. The van der Waals surface area contributed by atoms with E-state index in [1.54, 1.807) is 7.05 Å². The number of carbonyl (C=O) groups is 2. The quantitative estimate of drug-likeness (QED) is 0.629. The summed E-state index contributed by atoms with van der Waals surface area (Å²) in [6, 6.07) is 2.21. The number of aryl methyl sites for hydroxylation is 1. The molecule has 1 amide bonds. The molecule has 0 aromatic carbocycles. The van der Waals surface area contributed by atoms with Crippen LogP contribution in [0, 0.1) is 0 Å². The molecule has 1 aromatic rings. The summed E-state index contributed by atoms with van der Waals surface area (Å²) in [4.78, 5) is 37.6. The van der Waals surface area contributed by atoms with Gasteiger partial charge < -0.3 is 14.2 Å². The Kier molecular flexibility index (Phi) is 6.57. The Morgan fingerprint density at radius 1 is 1.38 bits per heavy atom. The lowest BCUT2D eigenvalue weighted by atomic mass is 10.2. The van der Waals surface area contributed by atoms with Gasteiger partial charge in [0.05, 0.1) is 17.1 Å². The van der Waals surface area contributed by atoms with E-state index in [-0.39, 0.29) is 28.7 Å². The number of aromatic nitrogens is 1. The van der Waals surface area contributed by atoms with Crippen LogP contribution in [0.25, 0.3) is 0 Å². The van der Waals surface area contributed by atoms with Gasteiger partial charge in [-0.15, -0.1) is 0 Å². The number of carbonyl (C=O) groups excluding carboxylic acids is 2. The maximum Gasteiger partial charge on any atom is 0.338 e. The minimum atomic E-state index is -3.12. The highest BCUT2D eigenvalue weighted by Crippen LogP contribution is 2.19. The molecule has 0 aliphatic carbocycles. The van der Waals surface area contributed by atoms with Crippen molar-refractivity contribution in [3.05, 3.63) is 34.2 Å². The van der Waals surface area contributed by atoms with Gasteiger partial charge in [0.25, 0.3) is 11.5 Å². The van der Waals surface area contributed by atoms with Crippen molar-refractivity contribution in [2.24, 2.45) is 7.05 Å². The van der Waals surface area contributed by atoms with Crippen molar-refractivity contribution in [3.8, 4) is 0 Å². The summed E-state index contributed by atoms with van der Waals surface area (Å²) < 4.78 is 29.7. The smallest absolute Gasteiger partial charge is 0.338 e. The number of hydrogen-bond acceptors (Lipinski definition) is 6. The van der Waals surface area contributed by atoms with Crippen LogP contribution in [0.3, 0.4) is 0 Å². The average molecular weight is 384 g/mol. The molecule has 1 aliphatic rings. The number of esters is 1. The van der Waals surface area contributed by atoms with Crippen molar-refractivity contribution in [2.45, 2.75) is 32.2 Å². The summed E-state index contributed by atoms with van der Waals surface area (Å²) in [6.07, 6.45) is 3.44. The molecule has 0 bridgehead atoms. The maximum atomic E-state index is 12.5. The Morgan fingerprint density at radius 3 is 2.69 bits per heavy atom. The monoisotopic (exact) mass is 384 g/mol. The zero-order valence-electron chi connectivity index (χ0n) is 15.0. The largest absolute Gasteiger partial charge is 0.452 e. The van der Waals surface area contributed by atoms with Crippen LogP contribution in [0.4, 0.5) is 0 Å². The zero-order chi connectivity index (χ0) is 19.3. The number of pyridine rings is 1. The lowest BCUT2D eigenvalue weighted by Crippen LogP contribution is -2.43. The van der Waals surface area contributed by atoms with Gasteiger partial charge in [-0.1, -0.05) is 13.3 Å². The summed E-state index contributed by atoms with van der Waals surface area (Å²) in [6.45, 7) is 1.93. The number of nitrogens with zero attached hydrogens (tertiary/aromatic N) is 2. The minimum absolute atomic E-state index is 0.0505. The van der Waals surface area contributed by atoms with Crippen molar-refractivity contribution in [1.29, 1.82) is 0 Å². The van der Waals surface area contributed by atoms with Crippen LogP contribution in [-0.2, 0) is 26.4 Å². The summed E-state index contributed by atoms with van der Waals surface area (Å²) in [5.41, 5.74) is -0.282. The van der Waals surface area contributed by atoms with E-state index >= 15 is 0 Å². The number of ether oxygens (including phenoxy) is 1. The number of hydrogen-bond donors (Lipinski definition) is 0. The van der Waals surface area contributed by atoms with Crippen molar-refractivity contribution in [1.82, 2.24) is 9.47 Å². The lowest BCUT2D eigenvalue weighted by Gasteiger charge is -2.28. The Balaban J connectivity index is 2.00. The molecule has 0 radical (unpaired) electrons. The van der Waals surface area contributed by atoms with Gasteiger partial charge in [0.2, 0.25) is 0 Å². The third kappa shape index (κ3) is 5.17. The SMILES string of the molecule is CCCCN(C(=O)COC(=O)c1ccn(C)c(=O)c1)C1CCS(=O)(=O)C1. The van der Waals surface area contributed by atoms with E-state index in [9.17, 15) is 22.8 Å². The van der Waals surface area contributed by atoms with Crippen LogP contribution in [0.2, 0.25) is 0 Å². The fraction of sp³-hybridized carbons (Fsp3) is 0.588. The fourth-order valence-corrected chi connectivity index (χ4v) is 4.56.